The number of halogens is 9. The lowest BCUT2D eigenvalue weighted by atomic mass is 10.4. The third kappa shape index (κ3) is 3.58. The number of hydrogen-bond acceptors (Lipinski definition) is 5. The van der Waals surface area contributed by atoms with E-state index in [9.17, 15) is 61.1 Å². The van der Waals surface area contributed by atoms with Crippen LogP contribution >= 0.6 is 0 Å². The van der Waals surface area contributed by atoms with Crippen molar-refractivity contribution in [3.8, 4) is 0 Å². The molecule has 0 aliphatic carbocycles. The van der Waals surface area contributed by atoms with Gasteiger partial charge in [0.15, 0.2) is 0 Å². The van der Waals surface area contributed by atoms with Crippen LogP contribution < -0.4 is 0 Å². The molecule has 0 aromatic carbocycles. The molecular weight excluding hydrogens is 375 g/mol. The summed E-state index contributed by atoms with van der Waals surface area (Å²) >= 11 is 0. The number of rotatable bonds is 3. The summed E-state index contributed by atoms with van der Waals surface area (Å²) < 4.78 is 145. The minimum absolute atomic E-state index is 4.22. The van der Waals surface area contributed by atoms with Gasteiger partial charge in [0.05, 0.1) is 0 Å². The Bertz CT molecular complexity index is 575. The van der Waals surface area contributed by atoms with Gasteiger partial charge >= 0.3 is 17.2 Å². The van der Waals surface area contributed by atoms with Gasteiger partial charge in [-0.25, -0.2) is 16.8 Å². The van der Waals surface area contributed by atoms with Crippen LogP contribution in [0.3, 0.4) is 0 Å². The van der Waals surface area contributed by atoms with E-state index in [1.165, 1.54) is 0 Å². The number of alkyl halides is 9. The lowest BCUT2D eigenvalue weighted by Gasteiger charge is -2.20. The fraction of sp³-hybridized carbons (Fsp3) is 0.800. The third-order valence-electron chi connectivity index (χ3n) is 1.70. The average Bonchev–Trinajstić information content (AvgIpc) is 2.11. The Hall–Kier alpha value is -1.06. The van der Waals surface area contributed by atoms with Crippen molar-refractivity contribution in [2.75, 3.05) is 0 Å². The first-order valence-electron chi connectivity index (χ1n) is 3.99. The molecule has 126 valence electrons. The van der Waals surface area contributed by atoms with E-state index in [0.29, 0.717) is 0 Å². The second kappa shape index (κ2) is 4.99. The number of sulfone groups is 2. The van der Waals surface area contributed by atoms with Gasteiger partial charge in [0.1, 0.15) is 0 Å². The number of carbonyl (C=O) groups is 1. The van der Waals surface area contributed by atoms with Crippen LogP contribution in [0.1, 0.15) is 0 Å². The fourth-order valence-corrected chi connectivity index (χ4v) is 4.13. The normalized spacial score (nSPS) is 15.3. The zero-order chi connectivity index (χ0) is 17.7. The maximum atomic E-state index is 12.0. The molecule has 0 radical (unpaired) electrons. The quantitative estimate of drug-likeness (QED) is 0.694. The summed E-state index contributed by atoms with van der Waals surface area (Å²) in [5.74, 6) is -4.22. The Morgan fingerprint density at radius 1 is 0.667 bits per heavy atom. The summed E-state index contributed by atoms with van der Waals surface area (Å²) in [4.78, 5) is 10.5. The molecule has 5 nitrogen and oxygen atoms in total. The number of carbonyl (C=O) groups excluding carboxylic acids is 1. The third-order valence-corrected chi connectivity index (χ3v) is 6.07. The Balaban J connectivity index is 6.59. The van der Waals surface area contributed by atoms with Crippen molar-refractivity contribution in [2.45, 2.75) is 21.8 Å². The molecular formula is C5HF9O5S2. The molecule has 0 amide bonds. The van der Waals surface area contributed by atoms with E-state index in [0.717, 1.165) is 0 Å². The second-order valence-corrected chi connectivity index (χ2v) is 7.52. The Morgan fingerprint density at radius 2 is 0.905 bits per heavy atom. The number of ketones is 1. The Labute approximate surface area is 109 Å². The molecule has 0 spiro atoms. The van der Waals surface area contributed by atoms with Crippen LogP contribution in [0.4, 0.5) is 39.5 Å². The van der Waals surface area contributed by atoms with E-state index in [1.54, 1.807) is 0 Å². The van der Waals surface area contributed by atoms with E-state index in [1.807, 2.05) is 0 Å². The zero-order valence-electron chi connectivity index (χ0n) is 8.84. The maximum Gasteiger partial charge on any atom is 0.499 e. The molecule has 0 fully saturated rings. The van der Waals surface area contributed by atoms with Gasteiger partial charge in [-0.1, -0.05) is 0 Å². The van der Waals surface area contributed by atoms with E-state index in [2.05, 4.69) is 0 Å². The van der Waals surface area contributed by atoms with E-state index in [4.69, 9.17) is 0 Å². The SMILES string of the molecule is O=C(C(S(=O)(=O)C(F)(F)F)S(=O)(=O)C(F)(F)F)C(F)(F)F. The maximum absolute atomic E-state index is 12.0. The highest BCUT2D eigenvalue weighted by atomic mass is 32.3. The summed E-state index contributed by atoms with van der Waals surface area (Å²) in [6.45, 7) is 0. The molecule has 16 heteroatoms. The van der Waals surface area contributed by atoms with Crippen LogP contribution in [0.5, 0.6) is 0 Å². The first-order valence-corrected chi connectivity index (χ1v) is 7.08. The van der Waals surface area contributed by atoms with Gasteiger partial charge in [-0.05, 0) is 0 Å². The van der Waals surface area contributed by atoms with Gasteiger partial charge < -0.3 is 0 Å². The molecule has 0 N–H and O–H groups in total. The van der Waals surface area contributed by atoms with Gasteiger partial charge in [-0.3, -0.25) is 4.79 Å². The van der Waals surface area contributed by atoms with Gasteiger partial charge in [0.2, 0.25) is 4.58 Å². The molecule has 0 aliphatic heterocycles. The fourth-order valence-electron chi connectivity index (χ4n) is 0.825. The highest BCUT2D eigenvalue weighted by Crippen LogP contribution is 2.39. The van der Waals surface area contributed by atoms with Gasteiger partial charge in [-0.2, -0.15) is 39.5 Å². The van der Waals surface area contributed by atoms with Crippen LogP contribution in [-0.4, -0.2) is 44.4 Å². The Kier molecular flexibility index (Phi) is 4.74. The molecule has 0 atom stereocenters. The molecule has 0 bridgehead atoms. The smallest absolute Gasteiger partial charge is 0.287 e. The zero-order valence-corrected chi connectivity index (χ0v) is 10.5. The minimum atomic E-state index is -7.64. The van der Waals surface area contributed by atoms with Crippen molar-refractivity contribution in [3.63, 3.8) is 0 Å². The monoisotopic (exact) mass is 376 g/mol. The lowest BCUT2D eigenvalue weighted by Crippen LogP contribution is -2.53. The van der Waals surface area contributed by atoms with Crippen LogP contribution in [0.25, 0.3) is 0 Å². The summed E-state index contributed by atoms with van der Waals surface area (Å²) in [6.07, 6.45) is -6.57. The number of Topliss-reactive ketones (excluding diaryl/α,β-unsaturated/α-hetero) is 1. The molecule has 0 rings (SSSR count). The van der Waals surface area contributed by atoms with Gasteiger partial charge in [0.25, 0.3) is 25.5 Å². The second-order valence-electron chi connectivity index (χ2n) is 3.18. The van der Waals surface area contributed by atoms with Crippen LogP contribution in [0, 0.1) is 0 Å². The average molecular weight is 376 g/mol. The highest BCUT2D eigenvalue weighted by molar-refractivity contribution is 8.11. The largest absolute Gasteiger partial charge is 0.499 e. The van der Waals surface area contributed by atoms with Gasteiger partial charge in [0, 0.05) is 0 Å². The standard InChI is InChI=1S/C5HF9O5S2/c6-3(7,8)1(15)2(20(16,17)4(9,10)11)21(18,19)5(12,13)14/h2H. The first-order chi connectivity index (χ1) is 8.78. The molecule has 0 saturated heterocycles. The molecule has 0 unspecified atom stereocenters. The van der Waals surface area contributed by atoms with Gasteiger partial charge in [-0.15, -0.1) is 0 Å². The lowest BCUT2D eigenvalue weighted by molar-refractivity contribution is -0.169. The van der Waals surface area contributed by atoms with Crippen molar-refractivity contribution in [1.82, 2.24) is 0 Å². The van der Waals surface area contributed by atoms with E-state index < -0.39 is 47.2 Å². The van der Waals surface area contributed by atoms with Crippen LogP contribution in [-0.2, 0) is 24.5 Å². The summed E-state index contributed by atoms with van der Waals surface area (Å²) in [7, 11) is -15.3. The van der Waals surface area contributed by atoms with Crippen molar-refractivity contribution < 1.29 is 61.1 Å². The molecule has 0 aromatic rings. The summed E-state index contributed by atoms with van der Waals surface area (Å²) in [6, 6.07) is 0. The van der Waals surface area contributed by atoms with Crippen LogP contribution in [0.15, 0.2) is 0 Å². The molecule has 21 heavy (non-hydrogen) atoms. The number of hydrogen-bond donors (Lipinski definition) is 0. The van der Waals surface area contributed by atoms with Crippen molar-refractivity contribution in [2.24, 2.45) is 0 Å². The molecule has 0 aliphatic rings. The highest BCUT2D eigenvalue weighted by Gasteiger charge is 2.69. The molecule has 0 saturated carbocycles. The summed E-state index contributed by atoms with van der Waals surface area (Å²) in [5, 5.41) is 0. The molecule has 0 aromatic heterocycles. The minimum Gasteiger partial charge on any atom is -0.287 e. The topological polar surface area (TPSA) is 85.3 Å². The van der Waals surface area contributed by atoms with Crippen molar-refractivity contribution in [3.05, 3.63) is 0 Å². The first kappa shape index (κ1) is 19.9. The predicted octanol–water partition coefficient (Wildman–Crippen LogP) is 1.31. The van der Waals surface area contributed by atoms with Crippen LogP contribution in [0.2, 0.25) is 0 Å². The Morgan fingerprint density at radius 3 is 1.05 bits per heavy atom. The van der Waals surface area contributed by atoms with Crippen molar-refractivity contribution in [1.29, 1.82) is 0 Å². The predicted molar refractivity (Wildman–Crippen MR) is 44.8 cm³/mol. The summed E-state index contributed by atoms with van der Waals surface area (Å²) in [5.41, 5.74) is -13.7. The van der Waals surface area contributed by atoms with E-state index in [-0.39, 0.29) is 0 Å². The van der Waals surface area contributed by atoms with Crippen molar-refractivity contribution >= 4 is 25.5 Å². The molecule has 0 heterocycles. The van der Waals surface area contributed by atoms with E-state index >= 15 is 0 Å².